The summed E-state index contributed by atoms with van der Waals surface area (Å²) in [5, 5.41) is 3.35. The summed E-state index contributed by atoms with van der Waals surface area (Å²) in [6, 6.07) is 2.99. The molecule has 1 rings (SSSR count). The summed E-state index contributed by atoms with van der Waals surface area (Å²) in [7, 11) is 0. The summed E-state index contributed by atoms with van der Waals surface area (Å²) in [5.74, 6) is -0.287. The molecule has 82 valence electrons. The van der Waals surface area contributed by atoms with Crippen molar-refractivity contribution < 1.29 is 9.53 Å². The van der Waals surface area contributed by atoms with Crippen LogP contribution >= 0.6 is 11.6 Å². The predicted octanol–water partition coefficient (Wildman–Crippen LogP) is 2.10. The molecule has 4 nitrogen and oxygen atoms in total. The quantitative estimate of drug-likeness (QED) is 0.634. The van der Waals surface area contributed by atoms with E-state index in [0.29, 0.717) is 11.8 Å². The lowest BCUT2D eigenvalue weighted by molar-refractivity contribution is -0.143. The van der Waals surface area contributed by atoms with Gasteiger partial charge in [0.25, 0.3) is 0 Å². The molecule has 1 unspecified atom stereocenters. The van der Waals surface area contributed by atoms with E-state index in [9.17, 15) is 4.79 Å². The average Bonchev–Trinajstić information content (AvgIpc) is 2.18. The molecular weight excluding hydrogens is 216 g/mol. The van der Waals surface area contributed by atoms with Crippen LogP contribution in [0.15, 0.2) is 18.3 Å². The zero-order chi connectivity index (χ0) is 11.3. The van der Waals surface area contributed by atoms with Crippen molar-refractivity contribution in [2.24, 2.45) is 0 Å². The van der Waals surface area contributed by atoms with Crippen LogP contribution in [0, 0.1) is 0 Å². The fraction of sp³-hybridized carbons (Fsp3) is 0.400. The third-order valence-corrected chi connectivity index (χ3v) is 1.96. The number of rotatable bonds is 4. The SMILES string of the molecule is CCOC(=O)C(C)Nc1ccnc(Cl)c1. The van der Waals surface area contributed by atoms with E-state index in [1.807, 2.05) is 0 Å². The zero-order valence-electron chi connectivity index (χ0n) is 8.66. The van der Waals surface area contributed by atoms with Gasteiger partial charge in [0.1, 0.15) is 11.2 Å². The molecule has 0 saturated carbocycles. The number of nitrogens with zero attached hydrogens (tertiary/aromatic N) is 1. The monoisotopic (exact) mass is 228 g/mol. The minimum atomic E-state index is -0.400. The summed E-state index contributed by atoms with van der Waals surface area (Å²) in [6.07, 6.45) is 1.57. The fourth-order valence-electron chi connectivity index (χ4n) is 1.07. The van der Waals surface area contributed by atoms with E-state index in [0.717, 1.165) is 5.69 Å². The smallest absolute Gasteiger partial charge is 0.328 e. The van der Waals surface area contributed by atoms with Gasteiger partial charge >= 0.3 is 5.97 Å². The Hall–Kier alpha value is -1.29. The van der Waals surface area contributed by atoms with Crippen LogP contribution in [-0.2, 0) is 9.53 Å². The van der Waals surface area contributed by atoms with Crippen LogP contribution in [0.1, 0.15) is 13.8 Å². The number of esters is 1. The molecule has 1 N–H and O–H groups in total. The molecule has 0 aliphatic carbocycles. The highest BCUT2D eigenvalue weighted by Crippen LogP contribution is 2.13. The van der Waals surface area contributed by atoms with Gasteiger partial charge in [0, 0.05) is 11.9 Å². The summed E-state index contributed by atoms with van der Waals surface area (Å²) in [4.78, 5) is 15.1. The van der Waals surface area contributed by atoms with Crippen LogP contribution in [0.5, 0.6) is 0 Å². The molecule has 0 fully saturated rings. The Morgan fingerprint density at radius 2 is 2.47 bits per heavy atom. The predicted molar refractivity (Wildman–Crippen MR) is 59.0 cm³/mol. The highest BCUT2D eigenvalue weighted by Gasteiger charge is 2.13. The van der Waals surface area contributed by atoms with Crippen molar-refractivity contribution in [2.45, 2.75) is 19.9 Å². The molecule has 0 radical (unpaired) electrons. The second-order valence-corrected chi connectivity index (χ2v) is 3.37. The molecule has 5 heteroatoms. The number of hydrogen-bond donors (Lipinski definition) is 1. The first-order chi connectivity index (χ1) is 7.13. The average molecular weight is 229 g/mol. The van der Waals surface area contributed by atoms with Crippen LogP contribution in [0.25, 0.3) is 0 Å². The van der Waals surface area contributed by atoms with Gasteiger partial charge < -0.3 is 10.1 Å². The first-order valence-electron chi connectivity index (χ1n) is 4.68. The van der Waals surface area contributed by atoms with Gasteiger partial charge in [-0.1, -0.05) is 11.6 Å². The van der Waals surface area contributed by atoms with Gasteiger partial charge in [0.15, 0.2) is 0 Å². The van der Waals surface area contributed by atoms with Crippen molar-refractivity contribution in [1.82, 2.24) is 4.98 Å². The molecular formula is C10H13ClN2O2. The normalized spacial score (nSPS) is 11.9. The van der Waals surface area contributed by atoms with Crippen molar-refractivity contribution >= 4 is 23.3 Å². The van der Waals surface area contributed by atoms with E-state index < -0.39 is 6.04 Å². The minimum Gasteiger partial charge on any atom is -0.464 e. The first-order valence-corrected chi connectivity index (χ1v) is 5.06. The highest BCUT2D eigenvalue weighted by atomic mass is 35.5. The number of aromatic nitrogens is 1. The van der Waals surface area contributed by atoms with Gasteiger partial charge in [-0.3, -0.25) is 0 Å². The van der Waals surface area contributed by atoms with Crippen LogP contribution in [0.4, 0.5) is 5.69 Å². The van der Waals surface area contributed by atoms with E-state index in [1.54, 1.807) is 32.2 Å². The summed E-state index contributed by atoms with van der Waals surface area (Å²) < 4.78 is 4.86. The van der Waals surface area contributed by atoms with Crippen LogP contribution in [0.2, 0.25) is 5.15 Å². The Morgan fingerprint density at radius 3 is 3.07 bits per heavy atom. The maximum atomic E-state index is 11.3. The van der Waals surface area contributed by atoms with Crippen molar-refractivity contribution in [3.8, 4) is 0 Å². The van der Waals surface area contributed by atoms with E-state index >= 15 is 0 Å². The Balaban J connectivity index is 2.58. The summed E-state index contributed by atoms with van der Waals surface area (Å²) in [5.41, 5.74) is 0.746. The van der Waals surface area contributed by atoms with Gasteiger partial charge in [-0.2, -0.15) is 0 Å². The third-order valence-electron chi connectivity index (χ3n) is 1.75. The number of carbonyl (C=O) groups is 1. The molecule has 0 aliphatic rings. The van der Waals surface area contributed by atoms with Crippen LogP contribution in [0.3, 0.4) is 0 Å². The molecule has 1 aromatic heterocycles. The Bertz CT molecular complexity index is 344. The van der Waals surface area contributed by atoms with Gasteiger partial charge in [0.05, 0.1) is 6.61 Å². The number of pyridine rings is 1. The molecule has 0 aliphatic heterocycles. The molecule has 0 saturated heterocycles. The molecule has 15 heavy (non-hydrogen) atoms. The van der Waals surface area contributed by atoms with Gasteiger partial charge in [-0.25, -0.2) is 9.78 Å². The number of anilines is 1. The lowest BCUT2D eigenvalue weighted by Crippen LogP contribution is -2.28. The van der Waals surface area contributed by atoms with Gasteiger partial charge in [0.2, 0.25) is 0 Å². The van der Waals surface area contributed by atoms with Gasteiger partial charge in [-0.15, -0.1) is 0 Å². The Morgan fingerprint density at radius 1 is 1.73 bits per heavy atom. The molecule has 0 bridgehead atoms. The van der Waals surface area contributed by atoms with Crippen molar-refractivity contribution in [3.05, 3.63) is 23.5 Å². The Kier molecular flexibility index (Phi) is 4.37. The summed E-state index contributed by atoms with van der Waals surface area (Å²) >= 11 is 5.70. The van der Waals surface area contributed by atoms with E-state index in [1.165, 1.54) is 0 Å². The number of ether oxygens (including phenoxy) is 1. The summed E-state index contributed by atoms with van der Waals surface area (Å²) in [6.45, 7) is 3.88. The van der Waals surface area contributed by atoms with E-state index in [4.69, 9.17) is 16.3 Å². The number of hydrogen-bond acceptors (Lipinski definition) is 4. The van der Waals surface area contributed by atoms with E-state index in [2.05, 4.69) is 10.3 Å². The third kappa shape index (κ3) is 3.75. The highest BCUT2D eigenvalue weighted by molar-refractivity contribution is 6.29. The topological polar surface area (TPSA) is 51.2 Å². The number of nitrogens with one attached hydrogen (secondary N) is 1. The van der Waals surface area contributed by atoms with Crippen molar-refractivity contribution in [1.29, 1.82) is 0 Å². The molecule has 1 heterocycles. The lowest BCUT2D eigenvalue weighted by atomic mass is 10.3. The molecule has 1 atom stereocenters. The van der Waals surface area contributed by atoms with Crippen LogP contribution < -0.4 is 5.32 Å². The number of carbonyl (C=O) groups excluding carboxylic acids is 1. The minimum absolute atomic E-state index is 0.287. The van der Waals surface area contributed by atoms with Gasteiger partial charge in [-0.05, 0) is 26.0 Å². The van der Waals surface area contributed by atoms with Crippen LogP contribution in [-0.4, -0.2) is 23.6 Å². The van der Waals surface area contributed by atoms with Crippen molar-refractivity contribution in [3.63, 3.8) is 0 Å². The maximum Gasteiger partial charge on any atom is 0.328 e. The number of halogens is 1. The van der Waals surface area contributed by atoms with Crippen molar-refractivity contribution in [2.75, 3.05) is 11.9 Å². The molecule has 0 aromatic carbocycles. The van der Waals surface area contributed by atoms with E-state index in [-0.39, 0.29) is 5.97 Å². The molecule has 1 aromatic rings. The maximum absolute atomic E-state index is 11.3. The largest absolute Gasteiger partial charge is 0.464 e. The second-order valence-electron chi connectivity index (χ2n) is 2.99. The Labute approximate surface area is 93.6 Å². The zero-order valence-corrected chi connectivity index (χ0v) is 9.41. The lowest BCUT2D eigenvalue weighted by Gasteiger charge is -2.13. The fourth-order valence-corrected chi connectivity index (χ4v) is 1.24. The first kappa shape index (κ1) is 11.8. The molecule has 0 amide bonds. The molecule has 0 spiro atoms. The standard InChI is InChI=1S/C10H13ClN2O2/c1-3-15-10(14)7(2)13-8-4-5-12-9(11)6-8/h4-7H,3H2,1-2H3,(H,12,13). The second kappa shape index (κ2) is 5.56.